The van der Waals surface area contributed by atoms with Gasteiger partial charge in [0.15, 0.2) is 0 Å². The number of rotatable bonds is 7. The molecule has 4 nitrogen and oxygen atoms in total. The van der Waals surface area contributed by atoms with E-state index in [0.717, 1.165) is 29.1 Å². The number of carbonyl (C=O) groups is 1. The van der Waals surface area contributed by atoms with Gasteiger partial charge in [-0.1, -0.05) is 12.1 Å². The molecule has 0 fully saturated rings. The summed E-state index contributed by atoms with van der Waals surface area (Å²) < 4.78 is 44.5. The fourth-order valence-electron chi connectivity index (χ4n) is 3.04. The molecule has 0 aliphatic heterocycles. The average molecular weight is 368 g/mol. The first kappa shape index (κ1) is 20.0. The van der Waals surface area contributed by atoms with Crippen LogP contribution in [-0.2, 0) is 11.2 Å². The molecular formula is C19H23F3N2O2. The van der Waals surface area contributed by atoms with Gasteiger partial charge in [-0.25, -0.2) is 0 Å². The maximum Gasteiger partial charge on any atom is 0.403 e. The summed E-state index contributed by atoms with van der Waals surface area (Å²) in [7, 11) is 0. The lowest BCUT2D eigenvalue weighted by atomic mass is 10.1. The Morgan fingerprint density at radius 2 is 2.12 bits per heavy atom. The van der Waals surface area contributed by atoms with E-state index in [1.54, 1.807) is 12.1 Å². The number of hydrogen-bond donors (Lipinski definition) is 1. The van der Waals surface area contributed by atoms with Crippen molar-refractivity contribution in [3.63, 3.8) is 0 Å². The van der Waals surface area contributed by atoms with Gasteiger partial charge in [-0.15, -0.1) is 6.58 Å². The van der Waals surface area contributed by atoms with E-state index in [9.17, 15) is 18.0 Å². The lowest BCUT2D eigenvalue weighted by Gasteiger charge is -2.29. The molecule has 0 radical (unpaired) electrons. The van der Waals surface area contributed by atoms with Crippen molar-refractivity contribution in [2.45, 2.75) is 39.4 Å². The molecule has 2 aromatic rings. The van der Waals surface area contributed by atoms with Crippen LogP contribution in [0.5, 0.6) is 5.75 Å². The van der Waals surface area contributed by atoms with Crippen LogP contribution in [0.1, 0.15) is 25.1 Å². The van der Waals surface area contributed by atoms with Crippen LogP contribution in [-0.4, -0.2) is 41.2 Å². The molecule has 1 aromatic heterocycles. The van der Waals surface area contributed by atoms with Gasteiger partial charge in [0.1, 0.15) is 11.8 Å². The fourth-order valence-corrected chi connectivity index (χ4v) is 3.04. The van der Waals surface area contributed by atoms with Gasteiger partial charge in [-0.3, -0.25) is 9.69 Å². The summed E-state index contributed by atoms with van der Waals surface area (Å²) in [5.74, 6) is -0.0326. The molecule has 7 heteroatoms. The number of aryl methyl sites for hydroxylation is 1. The largest absolute Gasteiger partial charge is 0.426 e. The highest BCUT2D eigenvalue weighted by atomic mass is 19.4. The number of benzene rings is 1. The second-order valence-electron chi connectivity index (χ2n) is 6.25. The average Bonchev–Trinajstić information content (AvgIpc) is 2.86. The molecule has 2 rings (SSSR count). The van der Waals surface area contributed by atoms with Crippen molar-refractivity contribution < 1.29 is 22.7 Å². The lowest BCUT2D eigenvalue weighted by molar-refractivity contribution is -0.177. The van der Waals surface area contributed by atoms with E-state index in [4.69, 9.17) is 4.74 Å². The highest BCUT2D eigenvalue weighted by molar-refractivity contribution is 5.92. The number of carbonyl (C=O) groups excluding carboxylic acids is 1. The van der Waals surface area contributed by atoms with Crippen LogP contribution in [0.4, 0.5) is 13.2 Å². The number of nitrogens with zero attached hydrogens (tertiary/aromatic N) is 1. The smallest absolute Gasteiger partial charge is 0.403 e. The van der Waals surface area contributed by atoms with Gasteiger partial charge < -0.3 is 9.72 Å². The Morgan fingerprint density at radius 1 is 1.42 bits per heavy atom. The second kappa shape index (κ2) is 7.95. The van der Waals surface area contributed by atoms with Gasteiger partial charge in [-0.2, -0.15) is 13.2 Å². The molecular weight excluding hydrogens is 345 g/mol. The fraction of sp³-hybridized carbons (Fsp3) is 0.421. The number of ether oxygens (including phenoxy) is 1. The third kappa shape index (κ3) is 4.46. The van der Waals surface area contributed by atoms with Crippen LogP contribution in [0.25, 0.3) is 10.9 Å². The molecule has 1 atom stereocenters. The lowest BCUT2D eigenvalue weighted by Crippen LogP contribution is -2.44. The van der Waals surface area contributed by atoms with Gasteiger partial charge in [-0.05, 0) is 38.0 Å². The number of hydrogen-bond acceptors (Lipinski definition) is 3. The van der Waals surface area contributed by atoms with Gasteiger partial charge in [0, 0.05) is 36.6 Å². The van der Waals surface area contributed by atoms with E-state index in [1.807, 2.05) is 13.0 Å². The molecule has 0 amide bonds. The van der Waals surface area contributed by atoms with Gasteiger partial charge >= 0.3 is 12.1 Å². The normalized spacial score (nSPS) is 13.2. The first-order valence-electron chi connectivity index (χ1n) is 8.35. The predicted octanol–water partition coefficient (Wildman–Crippen LogP) is 4.38. The standard InChI is InChI=1S/C19H23F3N2O2/c1-5-10-24(13(3)19(20,21)22)11-9-15-12(2)23-16-7-6-8-17(18(15)16)26-14(4)25/h5-8,13,23H,1,9-11H2,2-4H3. The summed E-state index contributed by atoms with van der Waals surface area (Å²) in [6, 6.07) is 3.72. The third-order valence-electron chi connectivity index (χ3n) is 4.39. The molecule has 0 aliphatic carbocycles. The molecule has 1 aromatic carbocycles. The second-order valence-corrected chi connectivity index (χ2v) is 6.25. The minimum absolute atomic E-state index is 0.138. The highest BCUT2D eigenvalue weighted by Gasteiger charge is 2.39. The molecule has 142 valence electrons. The van der Waals surface area contributed by atoms with Gasteiger partial charge in [0.05, 0.1) is 0 Å². The van der Waals surface area contributed by atoms with Crippen LogP contribution >= 0.6 is 0 Å². The van der Waals surface area contributed by atoms with E-state index in [1.165, 1.54) is 17.9 Å². The number of nitrogens with one attached hydrogen (secondary N) is 1. The summed E-state index contributed by atoms with van der Waals surface area (Å²) in [5, 5.41) is 0.735. The summed E-state index contributed by atoms with van der Waals surface area (Å²) in [6.45, 7) is 8.21. The quantitative estimate of drug-likeness (QED) is 0.448. The van der Waals surface area contributed by atoms with E-state index >= 15 is 0 Å². The first-order valence-corrected chi connectivity index (χ1v) is 8.35. The molecule has 26 heavy (non-hydrogen) atoms. The van der Waals surface area contributed by atoms with Crippen molar-refractivity contribution in [1.29, 1.82) is 0 Å². The molecule has 1 heterocycles. The summed E-state index contributed by atoms with van der Waals surface area (Å²) in [6.07, 6.45) is -2.45. The van der Waals surface area contributed by atoms with E-state index in [2.05, 4.69) is 11.6 Å². The highest BCUT2D eigenvalue weighted by Crippen LogP contribution is 2.32. The Hall–Kier alpha value is -2.28. The van der Waals surface area contributed by atoms with Crippen molar-refractivity contribution in [2.24, 2.45) is 0 Å². The van der Waals surface area contributed by atoms with Crippen molar-refractivity contribution in [3.8, 4) is 5.75 Å². The van der Waals surface area contributed by atoms with Crippen molar-refractivity contribution in [1.82, 2.24) is 9.88 Å². The number of aromatic nitrogens is 1. The first-order chi connectivity index (χ1) is 12.1. The molecule has 1 unspecified atom stereocenters. The molecule has 1 N–H and O–H groups in total. The van der Waals surface area contributed by atoms with E-state index < -0.39 is 18.2 Å². The summed E-state index contributed by atoms with van der Waals surface area (Å²) >= 11 is 0. The SMILES string of the molecule is C=CCN(CCc1c(C)[nH]c2cccc(OC(C)=O)c12)C(C)C(F)(F)F. The van der Waals surface area contributed by atoms with Crippen LogP contribution < -0.4 is 4.74 Å². The minimum atomic E-state index is -4.30. The Morgan fingerprint density at radius 3 is 2.69 bits per heavy atom. The van der Waals surface area contributed by atoms with Crippen LogP contribution in [0.3, 0.4) is 0 Å². The Labute approximate surface area is 150 Å². The van der Waals surface area contributed by atoms with Crippen molar-refractivity contribution >= 4 is 16.9 Å². The van der Waals surface area contributed by atoms with Crippen LogP contribution in [0.2, 0.25) is 0 Å². The number of aromatic amines is 1. The summed E-state index contributed by atoms with van der Waals surface area (Å²) in [4.78, 5) is 15.9. The van der Waals surface area contributed by atoms with E-state index in [-0.39, 0.29) is 13.1 Å². The zero-order valence-electron chi connectivity index (χ0n) is 15.1. The van der Waals surface area contributed by atoms with Gasteiger partial charge in [0.25, 0.3) is 0 Å². The predicted molar refractivity (Wildman–Crippen MR) is 95.3 cm³/mol. The van der Waals surface area contributed by atoms with Crippen LogP contribution in [0.15, 0.2) is 30.9 Å². The monoisotopic (exact) mass is 368 g/mol. The zero-order chi connectivity index (χ0) is 19.5. The molecule has 0 bridgehead atoms. The number of H-pyrrole nitrogens is 1. The van der Waals surface area contributed by atoms with Gasteiger partial charge in [0.2, 0.25) is 0 Å². The van der Waals surface area contributed by atoms with Crippen molar-refractivity contribution in [3.05, 3.63) is 42.1 Å². The zero-order valence-corrected chi connectivity index (χ0v) is 15.1. The number of halogens is 3. The number of fused-ring (bicyclic) bond motifs is 1. The molecule has 0 aliphatic rings. The number of esters is 1. The topological polar surface area (TPSA) is 45.3 Å². The molecule has 0 saturated carbocycles. The number of alkyl halides is 3. The third-order valence-corrected chi connectivity index (χ3v) is 4.39. The van der Waals surface area contributed by atoms with Crippen LogP contribution in [0, 0.1) is 6.92 Å². The Balaban J connectivity index is 2.33. The Bertz CT molecular complexity index is 796. The molecule has 0 spiro atoms. The minimum Gasteiger partial charge on any atom is -0.426 e. The Kier molecular flexibility index (Phi) is 6.13. The maximum atomic E-state index is 13.1. The maximum absolute atomic E-state index is 13.1. The van der Waals surface area contributed by atoms with Crippen molar-refractivity contribution in [2.75, 3.05) is 13.1 Å². The summed E-state index contributed by atoms with van der Waals surface area (Å²) in [5.41, 5.74) is 2.48. The molecule has 0 saturated heterocycles. The van der Waals surface area contributed by atoms with E-state index in [0.29, 0.717) is 12.2 Å².